The van der Waals surface area contributed by atoms with Gasteiger partial charge in [0.2, 0.25) is 0 Å². The minimum atomic E-state index is -0.0316. The van der Waals surface area contributed by atoms with Crippen LogP contribution < -0.4 is 5.32 Å². The predicted octanol–water partition coefficient (Wildman–Crippen LogP) is 15.5. The normalized spacial score (nSPS) is 17.2. The van der Waals surface area contributed by atoms with Crippen LogP contribution in [0.5, 0.6) is 0 Å². The molecule has 11 rings (SSSR count). The Bertz CT molecular complexity index is 3040. The lowest BCUT2D eigenvalue weighted by molar-refractivity contribution is 0.602. The summed E-state index contributed by atoms with van der Waals surface area (Å²) in [5.41, 5.74) is 14.3. The summed E-state index contributed by atoms with van der Waals surface area (Å²) in [6.07, 6.45) is 5.10. The van der Waals surface area contributed by atoms with Crippen LogP contribution in [0.3, 0.4) is 0 Å². The molecule has 2 unspecified atom stereocenters. The largest absolute Gasteiger partial charge is 0.354 e. The number of hydrogen-bond donors (Lipinski definition) is 1. The summed E-state index contributed by atoms with van der Waals surface area (Å²) in [6, 6.07) is 60.6. The molecule has 2 atom stereocenters. The van der Waals surface area contributed by atoms with Gasteiger partial charge < -0.3 is 5.32 Å². The molecule has 1 aromatic heterocycles. The Balaban J connectivity index is 1.00. The first-order valence-electron chi connectivity index (χ1n) is 19.8. The number of allylic oxidation sites excluding steroid dienone is 4. The molecule has 0 bridgehead atoms. The van der Waals surface area contributed by atoms with Gasteiger partial charge in [-0.05, 0) is 91.0 Å². The van der Waals surface area contributed by atoms with Gasteiger partial charge in [-0.25, -0.2) is 0 Å². The van der Waals surface area contributed by atoms with E-state index in [0.717, 1.165) is 11.4 Å². The van der Waals surface area contributed by atoms with Gasteiger partial charge in [0, 0.05) is 48.0 Å². The van der Waals surface area contributed by atoms with Gasteiger partial charge in [-0.15, -0.1) is 11.3 Å². The van der Waals surface area contributed by atoms with Crippen molar-refractivity contribution in [3.63, 3.8) is 0 Å². The van der Waals surface area contributed by atoms with E-state index in [0.29, 0.717) is 5.92 Å². The molecule has 56 heavy (non-hydrogen) atoms. The number of anilines is 2. The second-order valence-corrected chi connectivity index (χ2v) is 17.2. The van der Waals surface area contributed by atoms with Crippen molar-refractivity contribution in [1.82, 2.24) is 0 Å². The summed E-state index contributed by atoms with van der Waals surface area (Å²) in [5, 5.41) is 11.7. The van der Waals surface area contributed by atoms with Crippen molar-refractivity contribution >= 4 is 70.0 Å². The van der Waals surface area contributed by atoms with E-state index in [1.165, 1.54) is 91.8 Å². The maximum Gasteiger partial charge on any atom is 0.0544 e. The number of thiophene rings is 1. The summed E-state index contributed by atoms with van der Waals surface area (Å²) in [6.45, 7) is 7.14. The van der Waals surface area contributed by atoms with E-state index < -0.39 is 0 Å². The van der Waals surface area contributed by atoms with Crippen molar-refractivity contribution in [3.05, 3.63) is 198 Å². The van der Waals surface area contributed by atoms with E-state index in [4.69, 9.17) is 0 Å². The fourth-order valence-corrected chi connectivity index (χ4v) is 10.9. The smallest absolute Gasteiger partial charge is 0.0544 e. The van der Waals surface area contributed by atoms with Crippen LogP contribution in [0.15, 0.2) is 182 Å². The predicted molar refractivity (Wildman–Crippen MR) is 242 cm³/mol. The van der Waals surface area contributed by atoms with Crippen molar-refractivity contribution in [2.24, 2.45) is 5.92 Å². The summed E-state index contributed by atoms with van der Waals surface area (Å²) in [5.74, 6) is 0.601. The van der Waals surface area contributed by atoms with Gasteiger partial charge in [0.05, 0.1) is 5.69 Å². The van der Waals surface area contributed by atoms with Gasteiger partial charge >= 0.3 is 0 Å². The van der Waals surface area contributed by atoms with Gasteiger partial charge in [0.15, 0.2) is 0 Å². The number of rotatable bonds is 5. The monoisotopic (exact) mass is 735 g/mol. The van der Waals surface area contributed by atoms with Crippen molar-refractivity contribution in [2.75, 3.05) is 5.32 Å². The molecule has 0 saturated carbocycles. The minimum Gasteiger partial charge on any atom is -0.354 e. The number of benzene rings is 8. The topological polar surface area (TPSA) is 12.0 Å². The zero-order valence-electron chi connectivity index (χ0n) is 31.8. The molecule has 1 N–H and O–H groups in total. The molecule has 0 aliphatic heterocycles. The average molecular weight is 736 g/mol. The van der Waals surface area contributed by atoms with Crippen LogP contribution in [0.2, 0.25) is 0 Å². The summed E-state index contributed by atoms with van der Waals surface area (Å²) in [4.78, 5) is 0. The number of para-hydroxylation sites is 1. The summed E-state index contributed by atoms with van der Waals surface area (Å²) in [7, 11) is 0. The van der Waals surface area contributed by atoms with E-state index in [1.54, 1.807) is 0 Å². The highest BCUT2D eigenvalue weighted by atomic mass is 32.1. The second kappa shape index (κ2) is 12.7. The van der Waals surface area contributed by atoms with Crippen LogP contribution in [0.25, 0.3) is 69.5 Å². The van der Waals surface area contributed by atoms with Crippen LogP contribution >= 0.6 is 11.3 Å². The molecular weight excluding hydrogens is 695 g/mol. The Hall–Kier alpha value is -6.22. The second-order valence-electron chi connectivity index (χ2n) is 16.2. The van der Waals surface area contributed by atoms with Crippen molar-refractivity contribution < 1.29 is 0 Å². The van der Waals surface area contributed by atoms with Crippen LogP contribution in [0, 0.1) is 5.92 Å². The molecule has 0 saturated heterocycles. The first kappa shape index (κ1) is 33.1. The van der Waals surface area contributed by atoms with E-state index >= 15 is 0 Å². The van der Waals surface area contributed by atoms with Gasteiger partial charge in [0.25, 0.3) is 0 Å². The SMILES string of the molecule is CC1C=C2C(=CC1c1ccccc1Nc1c3ccccc3c(-c3ccc(-c4ccc5sc6ccccc6c5c4)cc3)c3ccccc13)C(C)(C)c1ccccc12. The zero-order valence-corrected chi connectivity index (χ0v) is 32.6. The van der Waals surface area contributed by atoms with Crippen molar-refractivity contribution in [1.29, 1.82) is 0 Å². The fourth-order valence-electron chi connectivity index (χ4n) is 9.78. The summed E-state index contributed by atoms with van der Waals surface area (Å²) < 4.78 is 2.67. The maximum absolute atomic E-state index is 4.06. The van der Waals surface area contributed by atoms with Gasteiger partial charge in [-0.2, -0.15) is 0 Å². The zero-order chi connectivity index (χ0) is 37.5. The number of fused-ring (bicyclic) bond motifs is 8. The van der Waals surface area contributed by atoms with Crippen LogP contribution in [-0.2, 0) is 5.41 Å². The first-order chi connectivity index (χ1) is 27.4. The Morgan fingerprint density at radius 3 is 1.88 bits per heavy atom. The third-order valence-electron chi connectivity index (χ3n) is 12.6. The molecule has 0 radical (unpaired) electrons. The highest BCUT2D eigenvalue weighted by Crippen LogP contribution is 2.55. The van der Waals surface area contributed by atoms with Crippen LogP contribution in [0.4, 0.5) is 11.4 Å². The summed E-state index contributed by atoms with van der Waals surface area (Å²) >= 11 is 1.87. The first-order valence-corrected chi connectivity index (χ1v) is 20.6. The molecule has 0 fully saturated rings. The van der Waals surface area contributed by atoms with Gasteiger partial charge in [0.1, 0.15) is 0 Å². The van der Waals surface area contributed by atoms with Gasteiger partial charge in [-0.3, -0.25) is 0 Å². The molecule has 1 heterocycles. The minimum absolute atomic E-state index is 0.0316. The number of nitrogens with one attached hydrogen (secondary N) is 1. The molecule has 2 aliphatic rings. The molecule has 2 aliphatic carbocycles. The Kier molecular flexibility index (Phi) is 7.49. The van der Waals surface area contributed by atoms with E-state index in [9.17, 15) is 0 Å². The Morgan fingerprint density at radius 2 is 1.11 bits per heavy atom. The third kappa shape index (κ3) is 5.06. The standard InChI is InChI=1S/C54H41NS/c1-33-30-45-37-14-8-11-21-47(37)54(2,3)48(45)32-44(33)38-15-9-12-22-49(38)55-53-42-19-6-4-17-40(42)52(41-18-5-7-20-43(41)53)35-26-24-34(25-27-35)36-28-29-51-46(31-36)39-16-10-13-23-50(39)56-51/h4-33,44,55H,1-3H3. The molecular formula is C54H41NS. The molecule has 0 spiro atoms. The lowest BCUT2D eigenvalue weighted by atomic mass is 9.73. The quantitative estimate of drug-likeness (QED) is 0.174. The highest BCUT2D eigenvalue weighted by Gasteiger charge is 2.41. The highest BCUT2D eigenvalue weighted by molar-refractivity contribution is 7.25. The Labute approximate surface area is 332 Å². The molecule has 1 nitrogen and oxygen atoms in total. The molecule has 268 valence electrons. The fraction of sp³-hybridized carbons (Fsp3) is 0.111. The van der Waals surface area contributed by atoms with Gasteiger partial charge in [-0.1, -0.05) is 172 Å². The lowest BCUT2D eigenvalue weighted by Gasteiger charge is -2.31. The molecule has 9 aromatic rings. The average Bonchev–Trinajstić information content (AvgIpc) is 3.72. The van der Waals surface area contributed by atoms with E-state index in [1.807, 2.05) is 11.3 Å². The maximum atomic E-state index is 4.06. The number of hydrogen-bond acceptors (Lipinski definition) is 2. The third-order valence-corrected chi connectivity index (χ3v) is 13.7. The van der Waals surface area contributed by atoms with E-state index in [2.05, 4.69) is 202 Å². The van der Waals surface area contributed by atoms with Crippen molar-refractivity contribution in [2.45, 2.75) is 32.1 Å². The molecule has 2 heteroatoms. The molecule has 8 aromatic carbocycles. The van der Waals surface area contributed by atoms with Crippen LogP contribution in [-0.4, -0.2) is 0 Å². The van der Waals surface area contributed by atoms with Crippen LogP contribution in [0.1, 0.15) is 43.4 Å². The lowest BCUT2D eigenvalue weighted by Crippen LogP contribution is -2.20. The van der Waals surface area contributed by atoms with Crippen molar-refractivity contribution in [3.8, 4) is 22.3 Å². The Morgan fingerprint density at radius 1 is 0.518 bits per heavy atom. The van der Waals surface area contributed by atoms with E-state index in [-0.39, 0.29) is 11.3 Å². The molecule has 0 amide bonds.